The van der Waals surface area contributed by atoms with Crippen molar-refractivity contribution in [1.82, 2.24) is 5.32 Å². The van der Waals surface area contributed by atoms with E-state index in [1.54, 1.807) is 26.4 Å². The number of nitrogens with one attached hydrogen (secondary N) is 1. The number of Topliss-reactive ketones (excluding diaryl/α,β-unsaturated/α-hetero) is 1. The zero-order valence-electron chi connectivity index (χ0n) is 23.3. The zero-order chi connectivity index (χ0) is 28.1. The highest BCUT2D eigenvalue weighted by atomic mass is 16.5. The van der Waals surface area contributed by atoms with Crippen LogP contribution in [0.1, 0.15) is 69.4 Å². The van der Waals surface area contributed by atoms with Gasteiger partial charge in [0.1, 0.15) is 0 Å². The topological polar surface area (TPSA) is 103 Å². The van der Waals surface area contributed by atoms with E-state index >= 15 is 0 Å². The summed E-state index contributed by atoms with van der Waals surface area (Å²) in [5.74, 6) is 0.317. The number of ether oxygens (including phenoxy) is 4. The molecule has 1 heterocycles. The minimum Gasteiger partial charge on any atom is -0.504 e. The first kappa shape index (κ1) is 28.1. The molecule has 2 aliphatic rings. The molecule has 1 aliphatic carbocycles. The second kappa shape index (κ2) is 12.3. The van der Waals surface area contributed by atoms with Crippen molar-refractivity contribution in [3.63, 3.8) is 0 Å². The number of hydrogen-bond acceptors (Lipinski definition) is 8. The van der Waals surface area contributed by atoms with E-state index < -0.39 is 11.9 Å². The molecule has 8 heteroatoms. The Morgan fingerprint density at radius 3 is 2.41 bits per heavy atom. The number of unbranched alkanes of at least 4 members (excludes halogenated alkanes) is 1. The molecule has 0 bridgehead atoms. The van der Waals surface area contributed by atoms with Crippen LogP contribution in [0.25, 0.3) is 0 Å². The van der Waals surface area contributed by atoms with Crippen LogP contribution in [0.2, 0.25) is 0 Å². The van der Waals surface area contributed by atoms with Gasteiger partial charge in [-0.3, -0.25) is 4.79 Å². The summed E-state index contributed by atoms with van der Waals surface area (Å²) in [4.78, 5) is 27.3. The number of carbonyl (C=O) groups excluding carboxylic acids is 2. The van der Waals surface area contributed by atoms with Gasteiger partial charge in [0.2, 0.25) is 0 Å². The molecule has 39 heavy (non-hydrogen) atoms. The summed E-state index contributed by atoms with van der Waals surface area (Å²) in [5, 5.41) is 13.7. The second-order valence-electron chi connectivity index (χ2n) is 9.78. The third-order valence-corrected chi connectivity index (χ3v) is 7.27. The largest absolute Gasteiger partial charge is 0.504 e. The van der Waals surface area contributed by atoms with Gasteiger partial charge in [-0.25, -0.2) is 4.79 Å². The summed E-state index contributed by atoms with van der Waals surface area (Å²) in [6.07, 6.45) is 2.51. The summed E-state index contributed by atoms with van der Waals surface area (Å²) < 4.78 is 22.1. The van der Waals surface area contributed by atoms with Crippen molar-refractivity contribution in [2.24, 2.45) is 0 Å². The van der Waals surface area contributed by atoms with Gasteiger partial charge < -0.3 is 29.4 Å². The predicted octanol–water partition coefficient (Wildman–Crippen LogP) is 5.51. The summed E-state index contributed by atoms with van der Waals surface area (Å²) in [7, 11) is 3.18. The minimum atomic E-state index is -0.644. The maximum atomic E-state index is 13.9. The lowest BCUT2D eigenvalue weighted by Gasteiger charge is -2.37. The number of rotatable bonds is 10. The number of carbonyl (C=O) groups is 2. The molecule has 2 aromatic carbocycles. The highest BCUT2D eigenvalue weighted by molar-refractivity contribution is 6.04. The predicted molar refractivity (Wildman–Crippen MR) is 147 cm³/mol. The van der Waals surface area contributed by atoms with Gasteiger partial charge in [0.05, 0.1) is 33.0 Å². The Morgan fingerprint density at radius 2 is 1.72 bits per heavy atom. The molecule has 2 atom stereocenters. The molecule has 0 saturated heterocycles. The van der Waals surface area contributed by atoms with E-state index in [1.165, 1.54) is 6.07 Å². The van der Waals surface area contributed by atoms with Crippen molar-refractivity contribution in [2.75, 3.05) is 27.4 Å². The van der Waals surface area contributed by atoms with Crippen molar-refractivity contribution in [2.45, 2.75) is 58.3 Å². The van der Waals surface area contributed by atoms with Crippen LogP contribution < -0.4 is 19.5 Å². The summed E-state index contributed by atoms with van der Waals surface area (Å²) in [5.41, 5.74) is 4.03. The van der Waals surface area contributed by atoms with Crippen LogP contribution in [0.3, 0.4) is 0 Å². The van der Waals surface area contributed by atoms with Crippen LogP contribution in [0, 0.1) is 0 Å². The minimum absolute atomic E-state index is 0.000000829. The van der Waals surface area contributed by atoms with E-state index in [0.717, 1.165) is 24.1 Å². The van der Waals surface area contributed by atoms with Crippen molar-refractivity contribution >= 4 is 11.8 Å². The number of benzene rings is 2. The molecule has 0 spiro atoms. The van der Waals surface area contributed by atoms with Crippen LogP contribution in [0.4, 0.5) is 0 Å². The molecule has 8 nitrogen and oxygen atoms in total. The summed E-state index contributed by atoms with van der Waals surface area (Å²) >= 11 is 0. The van der Waals surface area contributed by atoms with E-state index in [2.05, 4.69) is 5.32 Å². The Labute approximate surface area is 229 Å². The van der Waals surface area contributed by atoms with Crippen molar-refractivity contribution in [3.8, 4) is 23.0 Å². The lowest BCUT2D eigenvalue weighted by Crippen LogP contribution is -2.36. The standard InChI is InChI=1S/C31H37NO7/c1-6-8-13-39-31(35)28-18(3)32-22-14-21(19-10-12-25(36-4)27(16-19)37-5)15-24(34)30(22)29(28)20-9-11-23(33)26(17-20)38-7-2/h9-12,16-17,21,29,32-33H,6-8,13-15H2,1-5H3/t21-,29+/m1/s1. The first-order chi connectivity index (χ1) is 18.8. The van der Waals surface area contributed by atoms with Gasteiger partial charge in [-0.15, -0.1) is 0 Å². The van der Waals surface area contributed by atoms with Crippen LogP contribution in [-0.4, -0.2) is 44.3 Å². The van der Waals surface area contributed by atoms with E-state index in [9.17, 15) is 14.7 Å². The molecule has 0 aromatic heterocycles. The molecule has 2 N–H and O–H groups in total. The molecule has 4 rings (SSSR count). The third-order valence-electron chi connectivity index (χ3n) is 7.27. The fraction of sp³-hybridized carbons (Fsp3) is 0.419. The van der Waals surface area contributed by atoms with Crippen molar-refractivity contribution in [1.29, 1.82) is 0 Å². The zero-order valence-corrected chi connectivity index (χ0v) is 23.3. The molecule has 208 valence electrons. The number of allylic oxidation sites excluding steroid dienone is 3. The average molecular weight is 536 g/mol. The molecule has 0 amide bonds. The maximum absolute atomic E-state index is 13.9. The number of esters is 1. The van der Waals surface area contributed by atoms with Gasteiger partial charge in [0.25, 0.3) is 0 Å². The average Bonchev–Trinajstić information content (AvgIpc) is 2.93. The highest BCUT2D eigenvalue weighted by Crippen LogP contribution is 2.47. The van der Waals surface area contributed by atoms with Gasteiger partial charge in [-0.05, 0) is 68.0 Å². The number of dihydropyridines is 1. The number of phenolic OH excluding ortho intramolecular Hbond substituents is 1. The van der Waals surface area contributed by atoms with Crippen LogP contribution in [0.5, 0.6) is 23.0 Å². The van der Waals surface area contributed by atoms with Gasteiger partial charge >= 0.3 is 5.97 Å². The van der Waals surface area contributed by atoms with Crippen LogP contribution in [-0.2, 0) is 14.3 Å². The number of hydrogen-bond donors (Lipinski definition) is 2. The fourth-order valence-electron chi connectivity index (χ4n) is 5.35. The molecular weight excluding hydrogens is 498 g/mol. The number of methoxy groups -OCH3 is 2. The smallest absolute Gasteiger partial charge is 0.336 e. The maximum Gasteiger partial charge on any atom is 0.336 e. The Bertz CT molecular complexity index is 1310. The van der Waals surface area contributed by atoms with Gasteiger partial charge in [-0.2, -0.15) is 0 Å². The molecule has 2 aromatic rings. The van der Waals surface area contributed by atoms with E-state index in [1.807, 2.05) is 39.0 Å². The third kappa shape index (κ3) is 5.75. The number of aromatic hydroxyl groups is 1. The second-order valence-corrected chi connectivity index (χ2v) is 9.78. The SMILES string of the molecule is CCCCOC(=O)C1=C(C)NC2=C(C(=O)C[C@H](c3ccc(OC)c(OC)c3)C2)[C@H]1c1ccc(O)c(OCC)c1. The Balaban J connectivity index is 1.77. The van der Waals surface area contributed by atoms with Gasteiger partial charge in [0.15, 0.2) is 28.8 Å². The molecule has 0 radical (unpaired) electrons. The summed E-state index contributed by atoms with van der Waals surface area (Å²) in [6, 6.07) is 10.7. The van der Waals surface area contributed by atoms with E-state index in [4.69, 9.17) is 18.9 Å². The first-order valence-electron chi connectivity index (χ1n) is 13.4. The normalized spacial score (nSPS) is 18.8. The Morgan fingerprint density at radius 1 is 1.00 bits per heavy atom. The highest BCUT2D eigenvalue weighted by Gasteiger charge is 2.41. The number of ketones is 1. The lowest BCUT2D eigenvalue weighted by atomic mass is 9.71. The van der Waals surface area contributed by atoms with Crippen molar-refractivity contribution < 1.29 is 33.6 Å². The van der Waals surface area contributed by atoms with Crippen LogP contribution >= 0.6 is 0 Å². The number of phenols is 1. The van der Waals surface area contributed by atoms with Crippen LogP contribution in [0.15, 0.2) is 58.9 Å². The molecule has 0 unspecified atom stereocenters. The molecular formula is C31H37NO7. The fourth-order valence-corrected chi connectivity index (χ4v) is 5.35. The molecule has 0 fully saturated rings. The molecule has 0 saturated carbocycles. The first-order valence-corrected chi connectivity index (χ1v) is 13.4. The molecule has 1 aliphatic heterocycles. The van der Waals surface area contributed by atoms with E-state index in [0.29, 0.717) is 59.3 Å². The van der Waals surface area contributed by atoms with Crippen molar-refractivity contribution in [3.05, 3.63) is 70.1 Å². The quantitative estimate of drug-likeness (QED) is 0.303. The Kier molecular flexibility index (Phi) is 8.84. The Hall–Kier alpha value is -3.94. The van der Waals surface area contributed by atoms with E-state index in [-0.39, 0.29) is 23.9 Å². The monoisotopic (exact) mass is 535 g/mol. The van der Waals surface area contributed by atoms with Gasteiger partial charge in [0, 0.05) is 29.3 Å². The summed E-state index contributed by atoms with van der Waals surface area (Å²) in [6.45, 7) is 6.36. The lowest BCUT2D eigenvalue weighted by molar-refractivity contribution is -0.139. The van der Waals surface area contributed by atoms with Gasteiger partial charge in [-0.1, -0.05) is 25.5 Å².